The molecule has 290 valence electrons. The van der Waals surface area contributed by atoms with Crippen LogP contribution in [0.25, 0.3) is 43.8 Å². The Bertz CT molecular complexity index is 2030. The van der Waals surface area contributed by atoms with E-state index in [0.29, 0.717) is 11.8 Å². The van der Waals surface area contributed by atoms with Crippen molar-refractivity contribution in [2.75, 3.05) is 0 Å². The molecule has 1 nitrogen and oxygen atoms in total. The summed E-state index contributed by atoms with van der Waals surface area (Å²) in [6, 6.07) is 31.7. The molecule has 6 rings (SSSR count). The van der Waals surface area contributed by atoms with Gasteiger partial charge in [-0.25, -0.2) is 0 Å². The fraction of sp³-hybridized carbons (Fsp3) is 0.375. The van der Waals surface area contributed by atoms with E-state index in [0.717, 1.165) is 0 Å². The second-order valence-electron chi connectivity index (χ2n) is 17.6. The Kier molecular flexibility index (Phi) is 17.3. The predicted octanol–water partition coefficient (Wildman–Crippen LogP) is 16.0. The van der Waals surface area contributed by atoms with Crippen molar-refractivity contribution in [3.8, 4) is 22.3 Å². The molecular weight excluding hydrogens is 820 g/mol. The Morgan fingerprint density at radius 1 is 0.527 bits per heavy atom. The molecule has 6 aromatic carbocycles. The minimum absolute atomic E-state index is 0.575. The van der Waals surface area contributed by atoms with Crippen molar-refractivity contribution in [1.29, 1.82) is 0 Å². The van der Waals surface area contributed by atoms with E-state index >= 15 is 0 Å². The van der Waals surface area contributed by atoms with Crippen LogP contribution in [0.15, 0.2) is 84.9 Å². The van der Waals surface area contributed by atoms with Crippen molar-refractivity contribution < 1.29 is 20.8 Å². The molecule has 0 bridgehead atoms. The van der Waals surface area contributed by atoms with Crippen LogP contribution in [0, 0.1) is 41.5 Å². The maximum absolute atomic E-state index is 5.98. The molecule has 7 heteroatoms. The first-order valence-electron chi connectivity index (χ1n) is 19.6. The molecule has 0 saturated heterocycles. The van der Waals surface area contributed by atoms with Crippen LogP contribution in [-0.4, -0.2) is 28.6 Å². The third-order valence-electron chi connectivity index (χ3n) is 11.0. The quantitative estimate of drug-likeness (QED) is 0.119. The van der Waals surface area contributed by atoms with Crippen molar-refractivity contribution in [3.05, 3.63) is 129 Å². The average molecular weight is 884 g/mol. The summed E-state index contributed by atoms with van der Waals surface area (Å²) in [5, 5.41) is 5.47. The third-order valence-corrected chi connectivity index (χ3v) is 17.9. The topological polar surface area (TPSA) is 3.24 Å². The maximum atomic E-state index is 5.98. The Morgan fingerprint density at radius 3 is 1.13 bits per heavy atom. The number of benzene rings is 4. The van der Waals surface area contributed by atoms with Crippen LogP contribution in [0.1, 0.15) is 84.0 Å². The number of aryl methyl sites for hydroxylation is 2. The second kappa shape index (κ2) is 20.1. The van der Waals surface area contributed by atoms with Gasteiger partial charge in [-0.15, -0.1) is 69.1 Å². The normalized spacial score (nSPS) is 11.6. The fourth-order valence-electron chi connectivity index (χ4n) is 7.15. The molecule has 0 aliphatic rings. The zero-order chi connectivity index (χ0) is 41.6. The van der Waals surface area contributed by atoms with E-state index in [2.05, 4.69) is 198 Å². The van der Waals surface area contributed by atoms with Gasteiger partial charge < -0.3 is 4.14 Å². The van der Waals surface area contributed by atoms with Crippen LogP contribution in [0.4, 0.5) is 0 Å². The van der Waals surface area contributed by atoms with E-state index in [9.17, 15) is 0 Å². The van der Waals surface area contributed by atoms with Gasteiger partial charge in [0.2, 0.25) is 0 Å². The summed E-state index contributed by atoms with van der Waals surface area (Å²) in [6.07, 6.45) is 0. The van der Waals surface area contributed by atoms with Gasteiger partial charge >= 0.3 is 37.9 Å². The number of halogens is 2. The summed E-state index contributed by atoms with van der Waals surface area (Å²) < 4.78 is 2.15. The van der Waals surface area contributed by atoms with E-state index in [4.69, 9.17) is 25.0 Å². The molecule has 0 amide bonds. The summed E-state index contributed by atoms with van der Waals surface area (Å²) in [6.45, 7) is 36.0. The van der Waals surface area contributed by atoms with E-state index in [-0.39, 0.29) is 0 Å². The molecule has 0 heterocycles. The minimum atomic E-state index is -1.22. The predicted molar refractivity (Wildman–Crippen MR) is 253 cm³/mol. The van der Waals surface area contributed by atoms with E-state index in [1.165, 1.54) is 88.3 Å². The Morgan fingerprint density at radius 2 is 0.855 bits per heavy atom. The molecule has 0 unspecified atom stereocenters. The fourth-order valence-corrected chi connectivity index (χ4v) is 15.2. The zero-order valence-electron chi connectivity index (χ0n) is 36.5. The molecule has 55 heavy (non-hydrogen) atoms. The molecule has 0 spiro atoms. The van der Waals surface area contributed by atoms with E-state index < -0.39 is 37.3 Å². The molecule has 2 radical (unpaired) electrons. The SMILES string of the molecule is Cc1ccc(-c2cccc3[cH-]c(C(C)C)cc23)c(C)c1C.Cc1ccc(-c2cccc3[cH-]c(C(C)C)cc23)c(C)c1C.[B]N([Si](C)(C)C)[Si](C)(C)C.[Cl][Zr+2][Cl]. The van der Waals surface area contributed by atoms with Crippen LogP contribution in [0.2, 0.25) is 39.3 Å². The molecule has 0 fully saturated rings. The van der Waals surface area contributed by atoms with Crippen molar-refractivity contribution in [3.63, 3.8) is 0 Å². The van der Waals surface area contributed by atoms with Gasteiger partial charge in [0.1, 0.15) is 16.5 Å². The van der Waals surface area contributed by atoms with Gasteiger partial charge in [-0.1, -0.05) is 115 Å². The Balaban J connectivity index is 0.000000227. The summed E-state index contributed by atoms with van der Waals surface area (Å²) in [5.74, 6) is 1.15. The molecule has 0 atom stereocenters. The first kappa shape index (κ1) is 47.4. The average Bonchev–Trinajstić information content (AvgIpc) is 3.76. The van der Waals surface area contributed by atoms with Gasteiger partial charge in [-0.3, -0.25) is 0 Å². The number of rotatable bonds is 6. The second-order valence-corrected chi connectivity index (χ2v) is 31.5. The first-order chi connectivity index (χ1) is 25.5. The number of hydrogen-bond acceptors (Lipinski definition) is 1. The Labute approximate surface area is 357 Å². The molecule has 6 aromatic rings. The number of nitrogens with zero attached hydrogens (tertiary/aromatic N) is 1. The summed E-state index contributed by atoms with van der Waals surface area (Å²) in [5.41, 5.74) is 16.7. The monoisotopic (exact) mass is 881 g/mol. The molecule has 0 N–H and O–H groups in total. The van der Waals surface area contributed by atoms with Crippen LogP contribution >= 0.6 is 17.0 Å². The van der Waals surface area contributed by atoms with Crippen LogP contribution in [0.5, 0.6) is 0 Å². The van der Waals surface area contributed by atoms with Gasteiger partial charge in [-0.2, -0.15) is 12.1 Å². The summed E-state index contributed by atoms with van der Waals surface area (Å²) >= 11 is -0.826. The molecule has 0 saturated carbocycles. The standard InChI is InChI=1S/2C21H23.C6H18BNSi2.2ClH.Zr/c2*1-13(2)18-11-17-7-6-8-20(21(17)12-18)19-10-9-14(3)15(4)16(19)5;1-9(2,3)8(7)10(4,5)6;;;/h2*6-13H,1-5H3;1-6H3;2*1H;/q2*-1;;;;+4/p-2. The van der Waals surface area contributed by atoms with Gasteiger partial charge in [0.25, 0.3) is 0 Å². The van der Waals surface area contributed by atoms with Crippen molar-refractivity contribution in [2.45, 2.75) is 120 Å². The first-order valence-corrected chi connectivity index (χ1v) is 32.8. The molecular formula is C48H64BCl2NSi2Zr. The number of hydrogen-bond donors (Lipinski definition) is 0. The molecule has 0 aromatic heterocycles. The van der Waals surface area contributed by atoms with Crippen molar-refractivity contribution in [2.24, 2.45) is 0 Å². The van der Waals surface area contributed by atoms with Crippen LogP contribution in [0.3, 0.4) is 0 Å². The molecule has 0 aliphatic carbocycles. The van der Waals surface area contributed by atoms with E-state index in [1.807, 2.05) is 0 Å². The van der Waals surface area contributed by atoms with Crippen molar-refractivity contribution in [1.82, 2.24) is 4.14 Å². The van der Waals surface area contributed by atoms with Crippen LogP contribution < -0.4 is 0 Å². The van der Waals surface area contributed by atoms with Crippen molar-refractivity contribution >= 4 is 63.0 Å². The van der Waals surface area contributed by atoms with Gasteiger partial charge in [0.15, 0.2) is 7.98 Å². The summed E-state index contributed by atoms with van der Waals surface area (Å²) in [7, 11) is 13.4. The third kappa shape index (κ3) is 12.0. The zero-order valence-corrected chi connectivity index (χ0v) is 42.5. The van der Waals surface area contributed by atoms with Gasteiger partial charge in [0, 0.05) is 0 Å². The van der Waals surface area contributed by atoms with Gasteiger partial charge in [0.05, 0.1) is 0 Å². The Hall–Kier alpha value is -1.98. The van der Waals surface area contributed by atoms with Crippen LogP contribution in [-0.2, 0) is 20.8 Å². The van der Waals surface area contributed by atoms with E-state index in [1.54, 1.807) is 0 Å². The number of fused-ring (bicyclic) bond motifs is 2. The molecule has 0 aliphatic heterocycles. The van der Waals surface area contributed by atoms with Gasteiger partial charge in [-0.05, 0) is 97.9 Å². The summed E-state index contributed by atoms with van der Waals surface area (Å²) in [4.78, 5) is 0.